The number of methoxy groups -OCH3 is 1. The highest BCUT2D eigenvalue weighted by molar-refractivity contribution is 7.11. The number of nitrogens with zero attached hydrogens (tertiary/aromatic N) is 3. The fourth-order valence-electron chi connectivity index (χ4n) is 2.06. The molecule has 0 aromatic carbocycles. The van der Waals surface area contributed by atoms with Crippen LogP contribution in [0.1, 0.15) is 40.7 Å². The first-order valence-corrected chi connectivity index (χ1v) is 7.98. The first-order valence-electron chi connectivity index (χ1n) is 7.16. The molecule has 0 aliphatic rings. The van der Waals surface area contributed by atoms with E-state index in [4.69, 9.17) is 4.74 Å². The van der Waals surface area contributed by atoms with Gasteiger partial charge in [-0.3, -0.25) is 0 Å². The van der Waals surface area contributed by atoms with Crippen LogP contribution in [-0.4, -0.2) is 28.6 Å². The molecule has 21 heavy (non-hydrogen) atoms. The largest absolute Gasteiger partial charge is 0.481 e. The van der Waals surface area contributed by atoms with Crippen LogP contribution in [0, 0.1) is 13.8 Å². The Labute approximate surface area is 129 Å². The lowest BCUT2D eigenvalue weighted by molar-refractivity contribution is 0.393. The number of thiazole rings is 1. The molecule has 0 spiro atoms. The first-order chi connectivity index (χ1) is 10.1. The maximum absolute atomic E-state index is 5.19. The van der Waals surface area contributed by atoms with Gasteiger partial charge in [-0.1, -0.05) is 6.92 Å². The average molecular weight is 306 g/mol. The van der Waals surface area contributed by atoms with Crippen molar-refractivity contribution in [1.29, 1.82) is 0 Å². The molecule has 2 aromatic rings. The summed E-state index contributed by atoms with van der Waals surface area (Å²) in [5.74, 6) is 0.592. The summed E-state index contributed by atoms with van der Waals surface area (Å²) in [6.45, 7) is 7.26. The third-order valence-corrected chi connectivity index (χ3v) is 4.42. The van der Waals surface area contributed by atoms with Gasteiger partial charge in [-0.25, -0.2) is 15.0 Å². The van der Waals surface area contributed by atoms with Crippen molar-refractivity contribution in [2.75, 3.05) is 13.7 Å². The molecule has 0 bridgehead atoms. The van der Waals surface area contributed by atoms with Crippen LogP contribution in [-0.2, 0) is 6.42 Å². The summed E-state index contributed by atoms with van der Waals surface area (Å²) < 4.78 is 5.19. The minimum atomic E-state index is 0.131. The molecule has 2 rings (SSSR count). The molecular weight excluding hydrogens is 284 g/mol. The smallest absolute Gasteiger partial charge is 0.216 e. The van der Waals surface area contributed by atoms with Crippen molar-refractivity contribution in [1.82, 2.24) is 20.3 Å². The highest BCUT2D eigenvalue weighted by Crippen LogP contribution is 2.23. The molecule has 2 aromatic heterocycles. The second-order valence-electron chi connectivity index (χ2n) is 4.95. The van der Waals surface area contributed by atoms with Crippen LogP contribution in [0.2, 0.25) is 0 Å². The van der Waals surface area contributed by atoms with Gasteiger partial charge in [0.05, 0.1) is 29.5 Å². The Kier molecular flexibility index (Phi) is 5.64. The molecular formula is C15H22N4OS. The predicted octanol–water partition coefficient (Wildman–Crippen LogP) is 2.84. The zero-order valence-corrected chi connectivity index (χ0v) is 13.8. The van der Waals surface area contributed by atoms with Crippen LogP contribution in [0.15, 0.2) is 12.4 Å². The molecule has 2 heterocycles. The minimum absolute atomic E-state index is 0.131. The number of hydrogen-bond acceptors (Lipinski definition) is 6. The van der Waals surface area contributed by atoms with E-state index < -0.39 is 0 Å². The van der Waals surface area contributed by atoms with E-state index in [1.807, 2.05) is 6.07 Å². The molecule has 6 heteroatoms. The van der Waals surface area contributed by atoms with E-state index in [2.05, 4.69) is 41.0 Å². The average Bonchev–Trinajstić information content (AvgIpc) is 2.81. The van der Waals surface area contributed by atoms with Gasteiger partial charge < -0.3 is 10.1 Å². The number of nitrogens with one attached hydrogen (secondary N) is 1. The van der Waals surface area contributed by atoms with Gasteiger partial charge in [-0.05, 0) is 26.8 Å². The van der Waals surface area contributed by atoms with E-state index in [-0.39, 0.29) is 6.04 Å². The molecule has 0 amide bonds. The molecule has 5 nitrogen and oxygen atoms in total. The maximum atomic E-state index is 5.19. The molecule has 1 atom stereocenters. The molecule has 0 fully saturated rings. The zero-order chi connectivity index (χ0) is 15.2. The monoisotopic (exact) mass is 306 g/mol. The third kappa shape index (κ3) is 4.22. The lowest BCUT2D eigenvalue weighted by atomic mass is 10.1. The van der Waals surface area contributed by atoms with E-state index in [1.54, 1.807) is 24.8 Å². The van der Waals surface area contributed by atoms with Gasteiger partial charge in [0, 0.05) is 17.4 Å². The van der Waals surface area contributed by atoms with E-state index in [9.17, 15) is 0 Å². The molecule has 0 saturated heterocycles. The van der Waals surface area contributed by atoms with Crippen molar-refractivity contribution in [2.24, 2.45) is 0 Å². The van der Waals surface area contributed by atoms with Crippen molar-refractivity contribution in [3.05, 3.63) is 33.7 Å². The quantitative estimate of drug-likeness (QED) is 0.852. The molecule has 0 aliphatic heterocycles. The standard InChI is InChI=1S/C15H22N4OS/c1-5-6-16-13(8-15-19-10(2)11(3)21-15)12-7-14(20-4)18-9-17-12/h7,9,13,16H,5-6,8H2,1-4H3. The van der Waals surface area contributed by atoms with E-state index in [0.717, 1.165) is 35.8 Å². The summed E-state index contributed by atoms with van der Waals surface area (Å²) in [4.78, 5) is 14.4. The van der Waals surface area contributed by atoms with Crippen molar-refractivity contribution in [3.8, 4) is 5.88 Å². The maximum Gasteiger partial charge on any atom is 0.216 e. The summed E-state index contributed by atoms with van der Waals surface area (Å²) in [6.07, 6.45) is 3.46. The Morgan fingerprint density at radius 1 is 1.33 bits per heavy atom. The Morgan fingerprint density at radius 3 is 2.76 bits per heavy atom. The van der Waals surface area contributed by atoms with Gasteiger partial charge in [0.1, 0.15) is 6.33 Å². The SMILES string of the molecule is CCCNC(Cc1nc(C)c(C)s1)c1cc(OC)ncn1. The van der Waals surface area contributed by atoms with Crippen LogP contribution in [0.4, 0.5) is 0 Å². The number of ether oxygens (including phenoxy) is 1. The molecule has 0 aliphatic carbocycles. The highest BCUT2D eigenvalue weighted by Gasteiger charge is 2.17. The van der Waals surface area contributed by atoms with Gasteiger partial charge in [0.25, 0.3) is 0 Å². The molecule has 0 saturated carbocycles. The van der Waals surface area contributed by atoms with Gasteiger partial charge in [0.15, 0.2) is 0 Å². The van der Waals surface area contributed by atoms with Crippen LogP contribution < -0.4 is 10.1 Å². The molecule has 0 radical (unpaired) electrons. The fourth-order valence-corrected chi connectivity index (χ4v) is 3.04. The summed E-state index contributed by atoms with van der Waals surface area (Å²) in [7, 11) is 1.62. The molecule has 1 unspecified atom stereocenters. The Balaban J connectivity index is 2.20. The number of aryl methyl sites for hydroxylation is 2. The van der Waals surface area contributed by atoms with Crippen LogP contribution in [0.25, 0.3) is 0 Å². The van der Waals surface area contributed by atoms with Crippen LogP contribution in [0.5, 0.6) is 5.88 Å². The highest BCUT2D eigenvalue weighted by atomic mass is 32.1. The van der Waals surface area contributed by atoms with Gasteiger partial charge in [0.2, 0.25) is 5.88 Å². The van der Waals surface area contributed by atoms with Crippen molar-refractivity contribution in [3.63, 3.8) is 0 Å². The zero-order valence-electron chi connectivity index (χ0n) is 13.0. The second kappa shape index (κ2) is 7.47. The molecule has 114 valence electrons. The normalized spacial score (nSPS) is 12.4. The number of rotatable bonds is 7. The second-order valence-corrected chi connectivity index (χ2v) is 6.23. The van der Waals surface area contributed by atoms with Crippen molar-refractivity contribution in [2.45, 2.75) is 39.7 Å². The lowest BCUT2D eigenvalue weighted by Gasteiger charge is -2.17. The van der Waals surface area contributed by atoms with E-state index >= 15 is 0 Å². The summed E-state index contributed by atoms with van der Waals surface area (Å²) in [5.41, 5.74) is 2.06. The van der Waals surface area contributed by atoms with E-state index in [1.165, 1.54) is 4.88 Å². The van der Waals surface area contributed by atoms with Crippen LogP contribution >= 0.6 is 11.3 Å². The topological polar surface area (TPSA) is 59.9 Å². The van der Waals surface area contributed by atoms with E-state index in [0.29, 0.717) is 5.88 Å². The third-order valence-electron chi connectivity index (χ3n) is 3.32. The predicted molar refractivity (Wildman–Crippen MR) is 84.9 cm³/mol. The summed E-state index contributed by atoms with van der Waals surface area (Å²) in [6, 6.07) is 2.02. The summed E-state index contributed by atoms with van der Waals surface area (Å²) >= 11 is 1.75. The number of hydrogen-bond donors (Lipinski definition) is 1. The van der Waals surface area contributed by atoms with Crippen molar-refractivity contribution >= 4 is 11.3 Å². The van der Waals surface area contributed by atoms with Gasteiger partial charge in [-0.15, -0.1) is 11.3 Å². The fraction of sp³-hybridized carbons (Fsp3) is 0.533. The number of aromatic nitrogens is 3. The lowest BCUT2D eigenvalue weighted by Crippen LogP contribution is -2.25. The van der Waals surface area contributed by atoms with Gasteiger partial charge >= 0.3 is 0 Å². The summed E-state index contributed by atoms with van der Waals surface area (Å²) in [5, 5.41) is 4.67. The van der Waals surface area contributed by atoms with Crippen molar-refractivity contribution < 1.29 is 4.74 Å². The molecule has 1 N–H and O–H groups in total. The Hall–Kier alpha value is -1.53. The first kappa shape index (κ1) is 15.9. The van der Waals surface area contributed by atoms with Crippen LogP contribution in [0.3, 0.4) is 0 Å². The Morgan fingerprint density at radius 2 is 2.14 bits per heavy atom. The Bertz CT molecular complexity index is 565. The van der Waals surface area contributed by atoms with Gasteiger partial charge in [-0.2, -0.15) is 0 Å². The minimum Gasteiger partial charge on any atom is -0.481 e.